The summed E-state index contributed by atoms with van der Waals surface area (Å²) in [4.78, 5) is 16.3. The van der Waals surface area contributed by atoms with Crippen molar-refractivity contribution in [2.45, 2.75) is 50.8 Å². The van der Waals surface area contributed by atoms with Gasteiger partial charge in [-0.3, -0.25) is 0 Å². The maximum Gasteiger partial charge on any atom is 0.527 e. The van der Waals surface area contributed by atoms with Gasteiger partial charge in [-0.1, -0.05) is 0 Å². The van der Waals surface area contributed by atoms with E-state index in [1.807, 2.05) is 0 Å². The van der Waals surface area contributed by atoms with Crippen LogP contribution in [0.4, 0.5) is 4.79 Å². The van der Waals surface area contributed by atoms with Gasteiger partial charge in [-0.2, -0.15) is 0 Å². The third kappa shape index (κ3) is 2.23. The lowest BCUT2D eigenvalue weighted by molar-refractivity contribution is -0.185. The topological polar surface area (TPSA) is 59.0 Å². The zero-order valence-electron chi connectivity index (χ0n) is 8.89. The van der Waals surface area contributed by atoms with Crippen molar-refractivity contribution in [1.29, 1.82) is 0 Å². The second kappa shape index (κ2) is 4.37. The van der Waals surface area contributed by atoms with Crippen molar-refractivity contribution >= 4 is 6.16 Å². The van der Waals surface area contributed by atoms with Gasteiger partial charge in [0.2, 0.25) is 0 Å². The molecule has 2 heterocycles. The maximum atomic E-state index is 11.2. The fourth-order valence-corrected chi connectivity index (χ4v) is 2.48. The molecule has 2 aliphatic heterocycles. The second-order valence-corrected chi connectivity index (χ2v) is 4.14. The Morgan fingerprint density at radius 1 is 1.40 bits per heavy atom. The number of aliphatic hydroxyl groups excluding tert-OH is 1. The molecule has 2 atom stereocenters. The molecule has 2 saturated heterocycles. The first-order chi connectivity index (χ1) is 7.20. The Labute approximate surface area is 88.9 Å². The van der Waals surface area contributed by atoms with Crippen LogP contribution in [0.25, 0.3) is 0 Å². The molecule has 2 fully saturated rings. The monoisotopic (exact) mass is 215 g/mol. The number of ether oxygens (including phenoxy) is 1. The highest BCUT2D eigenvalue weighted by Gasteiger charge is 2.43. The van der Waals surface area contributed by atoms with Crippen molar-refractivity contribution in [2.24, 2.45) is 0 Å². The van der Waals surface area contributed by atoms with Gasteiger partial charge < -0.3 is 14.7 Å². The zero-order chi connectivity index (χ0) is 10.8. The maximum absolute atomic E-state index is 11.2. The van der Waals surface area contributed by atoms with Crippen molar-refractivity contribution in [3.63, 3.8) is 0 Å². The van der Waals surface area contributed by atoms with Gasteiger partial charge in [-0.25, -0.2) is 4.79 Å². The molecule has 2 rings (SSSR count). The van der Waals surface area contributed by atoms with Crippen molar-refractivity contribution < 1.29 is 19.5 Å². The molecule has 1 N–H and O–H groups in total. The molecule has 5 nitrogen and oxygen atoms in total. The highest BCUT2D eigenvalue weighted by Crippen LogP contribution is 2.35. The number of rotatable bonds is 2. The van der Waals surface area contributed by atoms with Crippen LogP contribution in [0.2, 0.25) is 0 Å². The smallest absolute Gasteiger partial charge is 0.433 e. The van der Waals surface area contributed by atoms with Crippen LogP contribution in [0.1, 0.15) is 32.6 Å². The fraction of sp³-hybridized carbons (Fsp3) is 0.900. The van der Waals surface area contributed by atoms with E-state index in [2.05, 4.69) is 0 Å². The van der Waals surface area contributed by atoms with Gasteiger partial charge in [0.1, 0.15) is 0 Å². The van der Waals surface area contributed by atoms with E-state index in [4.69, 9.17) is 9.57 Å². The molecule has 0 radical (unpaired) electrons. The van der Waals surface area contributed by atoms with E-state index in [1.165, 1.54) is 0 Å². The van der Waals surface area contributed by atoms with Gasteiger partial charge in [0.05, 0.1) is 12.7 Å². The Hall–Kier alpha value is -0.810. The van der Waals surface area contributed by atoms with Gasteiger partial charge >= 0.3 is 6.16 Å². The van der Waals surface area contributed by atoms with E-state index in [0.717, 1.165) is 12.8 Å². The van der Waals surface area contributed by atoms with Crippen LogP contribution < -0.4 is 0 Å². The van der Waals surface area contributed by atoms with Crippen molar-refractivity contribution in [2.75, 3.05) is 6.61 Å². The summed E-state index contributed by atoms with van der Waals surface area (Å²) < 4.78 is 4.73. The lowest BCUT2D eigenvalue weighted by atomic mass is 10.0. The van der Waals surface area contributed by atoms with E-state index >= 15 is 0 Å². The molecular formula is C10H17NO4. The van der Waals surface area contributed by atoms with Crippen molar-refractivity contribution in [3.05, 3.63) is 0 Å². The molecule has 2 aliphatic rings. The molecule has 15 heavy (non-hydrogen) atoms. The molecule has 0 aromatic heterocycles. The minimum absolute atomic E-state index is 0.170. The quantitative estimate of drug-likeness (QED) is 0.698. The van der Waals surface area contributed by atoms with Crippen LogP contribution in [0, 0.1) is 0 Å². The van der Waals surface area contributed by atoms with E-state index in [1.54, 1.807) is 12.0 Å². The molecule has 0 aromatic rings. The van der Waals surface area contributed by atoms with Crippen LogP contribution in [0.3, 0.4) is 0 Å². The molecule has 0 aliphatic carbocycles. The predicted molar refractivity (Wildman–Crippen MR) is 52.0 cm³/mol. The van der Waals surface area contributed by atoms with Crippen molar-refractivity contribution in [3.8, 4) is 0 Å². The summed E-state index contributed by atoms with van der Waals surface area (Å²) in [7, 11) is 0. The molecule has 2 bridgehead atoms. The number of piperidine rings is 1. The first-order valence-corrected chi connectivity index (χ1v) is 5.51. The summed E-state index contributed by atoms with van der Waals surface area (Å²) in [6, 6.07) is 0.339. The number of carbonyl (C=O) groups excluding carboxylic acids is 1. The number of hydrogen-bond donors (Lipinski definition) is 1. The normalized spacial score (nSPS) is 35.2. The number of hydrogen-bond acceptors (Lipinski definition) is 5. The molecule has 0 saturated carbocycles. The molecule has 86 valence electrons. The number of carbonyl (C=O) groups is 1. The van der Waals surface area contributed by atoms with Gasteiger partial charge in [-0.05, 0) is 32.6 Å². The van der Waals surface area contributed by atoms with E-state index < -0.39 is 6.16 Å². The molecular weight excluding hydrogens is 198 g/mol. The molecule has 0 spiro atoms. The average Bonchev–Trinajstić information content (AvgIpc) is 2.44. The van der Waals surface area contributed by atoms with Crippen LogP contribution in [0.15, 0.2) is 0 Å². The largest absolute Gasteiger partial charge is 0.527 e. The third-order valence-electron chi connectivity index (χ3n) is 3.08. The standard InChI is InChI=1S/C10H17NO4/c1-2-14-10(13)15-11-7-3-4-8(11)6-9(12)5-7/h7-9,12H,2-6H2,1H3. The van der Waals surface area contributed by atoms with Gasteiger partial charge in [0, 0.05) is 12.1 Å². The summed E-state index contributed by atoms with van der Waals surface area (Å²) in [5, 5.41) is 11.3. The van der Waals surface area contributed by atoms with Gasteiger partial charge in [-0.15, -0.1) is 5.06 Å². The molecule has 0 amide bonds. The van der Waals surface area contributed by atoms with Crippen LogP contribution >= 0.6 is 0 Å². The number of aliphatic hydroxyl groups is 1. The van der Waals surface area contributed by atoms with Gasteiger partial charge in [0.15, 0.2) is 0 Å². The third-order valence-corrected chi connectivity index (χ3v) is 3.08. The Bertz CT molecular complexity index is 232. The molecule has 5 heteroatoms. The SMILES string of the molecule is CCOC(=O)ON1C2CCC1CC(O)C2. The summed E-state index contributed by atoms with van der Waals surface area (Å²) >= 11 is 0. The van der Waals surface area contributed by atoms with Crippen LogP contribution in [-0.4, -0.2) is 41.1 Å². The van der Waals surface area contributed by atoms with E-state index in [-0.39, 0.29) is 18.2 Å². The molecule has 2 unspecified atom stereocenters. The van der Waals surface area contributed by atoms with Crippen molar-refractivity contribution in [1.82, 2.24) is 5.06 Å². The highest BCUT2D eigenvalue weighted by atomic mass is 16.8. The lowest BCUT2D eigenvalue weighted by Gasteiger charge is -2.34. The number of nitrogens with zero attached hydrogens (tertiary/aromatic N) is 1. The highest BCUT2D eigenvalue weighted by molar-refractivity contribution is 5.59. The van der Waals surface area contributed by atoms with E-state index in [9.17, 15) is 9.90 Å². The summed E-state index contributed by atoms with van der Waals surface area (Å²) in [5.41, 5.74) is 0. The first kappa shape index (κ1) is 10.7. The van der Waals surface area contributed by atoms with Gasteiger partial charge in [0.25, 0.3) is 0 Å². The Morgan fingerprint density at radius 3 is 2.53 bits per heavy atom. The Kier molecular flexibility index (Phi) is 3.11. The zero-order valence-corrected chi connectivity index (χ0v) is 8.89. The summed E-state index contributed by atoms with van der Waals surface area (Å²) in [6.45, 7) is 2.07. The predicted octanol–water partition coefficient (Wildman–Crippen LogP) is 1.06. The summed E-state index contributed by atoms with van der Waals surface area (Å²) in [5.74, 6) is 0. The fourth-order valence-electron chi connectivity index (χ4n) is 2.48. The Balaban J connectivity index is 1.91. The molecule has 0 aromatic carbocycles. The minimum Gasteiger partial charge on any atom is -0.433 e. The average molecular weight is 215 g/mol. The summed E-state index contributed by atoms with van der Waals surface area (Å²) in [6.07, 6.45) is 2.48. The minimum atomic E-state index is -0.634. The number of fused-ring (bicyclic) bond motifs is 2. The Morgan fingerprint density at radius 2 is 2.00 bits per heavy atom. The lowest BCUT2D eigenvalue weighted by Crippen LogP contribution is -2.45. The van der Waals surface area contributed by atoms with Crippen LogP contribution in [-0.2, 0) is 9.57 Å². The number of hydroxylamine groups is 2. The second-order valence-electron chi connectivity index (χ2n) is 4.14. The first-order valence-electron chi connectivity index (χ1n) is 5.51. The van der Waals surface area contributed by atoms with E-state index in [0.29, 0.717) is 19.4 Å². The van der Waals surface area contributed by atoms with Crippen LogP contribution in [0.5, 0.6) is 0 Å².